The molecular formula is C19H21F3N2O3. The third-order valence-electron chi connectivity index (χ3n) is 3.63. The molecule has 0 atom stereocenters. The Hall–Kier alpha value is -2.77. The van der Waals surface area contributed by atoms with Crippen LogP contribution in [0.1, 0.15) is 36.9 Å². The molecule has 5 nitrogen and oxygen atoms in total. The predicted molar refractivity (Wildman–Crippen MR) is 94.0 cm³/mol. The van der Waals surface area contributed by atoms with Crippen LogP contribution in [0.25, 0.3) is 0 Å². The van der Waals surface area contributed by atoms with Crippen LogP contribution in [0.3, 0.4) is 0 Å². The smallest absolute Gasteiger partial charge is 0.406 e. The first-order chi connectivity index (χ1) is 12.5. The first-order valence-corrected chi connectivity index (χ1v) is 8.25. The van der Waals surface area contributed by atoms with E-state index in [0.29, 0.717) is 10.6 Å². The molecule has 0 radical (unpaired) electrons. The van der Waals surface area contributed by atoms with Gasteiger partial charge >= 0.3 is 6.18 Å². The summed E-state index contributed by atoms with van der Waals surface area (Å²) < 4.78 is 43.8. The summed E-state index contributed by atoms with van der Waals surface area (Å²) in [5.74, 6) is -0.838. The Bertz CT molecular complexity index is 793. The van der Waals surface area contributed by atoms with Crippen LogP contribution in [0.5, 0.6) is 0 Å². The summed E-state index contributed by atoms with van der Waals surface area (Å²) in [6.45, 7) is 3.46. The van der Waals surface area contributed by atoms with Crippen LogP contribution >= 0.6 is 0 Å². The van der Waals surface area contributed by atoms with Crippen LogP contribution in [0.2, 0.25) is 0 Å². The molecule has 1 heterocycles. The molecule has 146 valence electrons. The molecule has 2 aromatic rings. The molecule has 1 aromatic heterocycles. The molecule has 8 heteroatoms. The number of hydrogen-bond donors (Lipinski definition) is 1. The van der Waals surface area contributed by atoms with E-state index >= 15 is 0 Å². The summed E-state index contributed by atoms with van der Waals surface area (Å²) in [5, 5.41) is 2.66. The monoisotopic (exact) mass is 382 g/mol. The predicted octanol–water partition coefficient (Wildman–Crippen LogP) is 4.47. The average molecular weight is 382 g/mol. The van der Waals surface area contributed by atoms with Crippen LogP contribution in [0.15, 0.2) is 47.1 Å². The molecular weight excluding hydrogens is 361 g/mol. The van der Waals surface area contributed by atoms with Crippen LogP contribution in [-0.2, 0) is 11.3 Å². The lowest BCUT2D eigenvalue weighted by molar-refractivity contribution is -0.142. The van der Waals surface area contributed by atoms with Crippen molar-refractivity contribution in [1.29, 1.82) is 0 Å². The van der Waals surface area contributed by atoms with Crippen molar-refractivity contribution in [3.05, 3.63) is 54.0 Å². The topological polar surface area (TPSA) is 62.6 Å². The van der Waals surface area contributed by atoms with Gasteiger partial charge in [-0.05, 0) is 30.3 Å². The van der Waals surface area contributed by atoms with Gasteiger partial charge in [-0.1, -0.05) is 26.8 Å². The van der Waals surface area contributed by atoms with Gasteiger partial charge in [0.15, 0.2) is 0 Å². The molecule has 1 aromatic carbocycles. The Kier molecular flexibility index (Phi) is 5.98. The normalized spacial score (nSPS) is 11.9. The number of carbonyl (C=O) groups is 2. The maximum absolute atomic E-state index is 12.9. The first-order valence-electron chi connectivity index (χ1n) is 8.25. The Labute approximate surface area is 155 Å². The van der Waals surface area contributed by atoms with Gasteiger partial charge in [-0.25, -0.2) is 0 Å². The SMILES string of the molecule is CC(C)(C)C(=O)Nc1cccc(C(=O)N(Cc2ccco2)CC(F)(F)F)c1. The summed E-state index contributed by atoms with van der Waals surface area (Å²) >= 11 is 0. The minimum absolute atomic E-state index is 0.0394. The minimum Gasteiger partial charge on any atom is -0.467 e. The van der Waals surface area contributed by atoms with Crippen molar-refractivity contribution in [1.82, 2.24) is 4.90 Å². The third-order valence-corrected chi connectivity index (χ3v) is 3.63. The van der Waals surface area contributed by atoms with Crippen molar-refractivity contribution in [3.63, 3.8) is 0 Å². The second-order valence-electron chi connectivity index (χ2n) is 7.14. The van der Waals surface area contributed by atoms with Crippen molar-refractivity contribution in [2.24, 2.45) is 5.41 Å². The highest BCUT2D eigenvalue weighted by Gasteiger charge is 2.34. The maximum atomic E-state index is 12.9. The number of anilines is 1. The summed E-state index contributed by atoms with van der Waals surface area (Å²) in [5.41, 5.74) is -0.273. The molecule has 2 rings (SSSR count). The number of benzene rings is 1. The van der Waals surface area contributed by atoms with Crippen LogP contribution in [-0.4, -0.2) is 29.4 Å². The second kappa shape index (κ2) is 7.85. The zero-order valence-electron chi connectivity index (χ0n) is 15.3. The number of nitrogens with one attached hydrogen (secondary N) is 1. The van der Waals surface area contributed by atoms with E-state index in [2.05, 4.69) is 5.32 Å². The number of furan rings is 1. The Morgan fingerprint density at radius 1 is 1.11 bits per heavy atom. The average Bonchev–Trinajstić information content (AvgIpc) is 3.04. The number of alkyl halides is 3. The van der Waals surface area contributed by atoms with E-state index in [9.17, 15) is 22.8 Å². The summed E-state index contributed by atoms with van der Waals surface area (Å²) in [7, 11) is 0. The van der Waals surface area contributed by atoms with Gasteiger partial charge in [0.2, 0.25) is 5.91 Å². The van der Waals surface area contributed by atoms with Crippen LogP contribution < -0.4 is 5.32 Å². The number of nitrogens with zero attached hydrogens (tertiary/aromatic N) is 1. The molecule has 0 aliphatic carbocycles. The van der Waals surface area contributed by atoms with Crippen molar-refractivity contribution < 1.29 is 27.2 Å². The van der Waals surface area contributed by atoms with Gasteiger partial charge in [-0.3, -0.25) is 9.59 Å². The van der Waals surface area contributed by atoms with Crippen molar-refractivity contribution >= 4 is 17.5 Å². The summed E-state index contributed by atoms with van der Waals surface area (Å²) in [6, 6.07) is 8.87. The van der Waals surface area contributed by atoms with Crippen molar-refractivity contribution in [3.8, 4) is 0 Å². The number of rotatable bonds is 5. The lowest BCUT2D eigenvalue weighted by Gasteiger charge is -2.23. The van der Waals surface area contributed by atoms with E-state index < -0.39 is 24.0 Å². The summed E-state index contributed by atoms with van der Waals surface area (Å²) in [4.78, 5) is 25.4. The fourth-order valence-electron chi connectivity index (χ4n) is 2.24. The highest BCUT2D eigenvalue weighted by Crippen LogP contribution is 2.22. The van der Waals surface area contributed by atoms with Gasteiger partial charge in [0.05, 0.1) is 12.8 Å². The summed E-state index contributed by atoms with van der Waals surface area (Å²) in [6.07, 6.45) is -3.23. The standard InChI is InChI=1S/C19H21F3N2O3/c1-18(2,3)17(26)23-14-7-4-6-13(10-14)16(25)24(12-19(20,21)22)11-15-8-5-9-27-15/h4-10H,11-12H2,1-3H3,(H,23,26). The molecule has 2 amide bonds. The highest BCUT2D eigenvalue weighted by molar-refractivity contribution is 5.98. The largest absolute Gasteiger partial charge is 0.467 e. The number of hydrogen-bond acceptors (Lipinski definition) is 3. The van der Waals surface area contributed by atoms with Gasteiger partial charge in [-0.15, -0.1) is 0 Å². The van der Waals surface area contributed by atoms with E-state index in [4.69, 9.17) is 4.42 Å². The van der Waals surface area contributed by atoms with Gasteiger partial charge in [0, 0.05) is 16.7 Å². The third kappa shape index (κ3) is 6.16. The van der Waals surface area contributed by atoms with Gasteiger partial charge in [-0.2, -0.15) is 13.2 Å². The zero-order valence-corrected chi connectivity index (χ0v) is 15.3. The quantitative estimate of drug-likeness (QED) is 0.830. The van der Waals surface area contributed by atoms with Gasteiger partial charge < -0.3 is 14.6 Å². The molecule has 0 spiro atoms. The number of amides is 2. The van der Waals surface area contributed by atoms with Crippen molar-refractivity contribution in [2.75, 3.05) is 11.9 Å². The van der Waals surface area contributed by atoms with Crippen LogP contribution in [0, 0.1) is 5.41 Å². The van der Waals surface area contributed by atoms with Gasteiger partial charge in [0.25, 0.3) is 5.91 Å². The van der Waals surface area contributed by atoms with E-state index in [1.165, 1.54) is 36.6 Å². The van der Waals surface area contributed by atoms with Crippen LogP contribution in [0.4, 0.5) is 18.9 Å². The molecule has 0 aliphatic heterocycles. The molecule has 0 aliphatic rings. The van der Waals surface area contributed by atoms with E-state index in [-0.39, 0.29) is 23.8 Å². The Balaban J connectivity index is 2.23. The molecule has 1 N–H and O–H groups in total. The van der Waals surface area contributed by atoms with E-state index in [0.717, 1.165) is 0 Å². The lowest BCUT2D eigenvalue weighted by atomic mass is 9.95. The second-order valence-corrected chi connectivity index (χ2v) is 7.14. The molecule has 0 unspecified atom stereocenters. The van der Waals surface area contributed by atoms with Gasteiger partial charge in [0.1, 0.15) is 12.3 Å². The molecule has 0 saturated heterocycles. The lowest BCUT2D eigenvalue weighted by Crippen LogP contribution is -2.38. The Morgan fingerprint density at radius 3 is 2.37 bits per heavy atom. The maximum Gasteiger partial charge on any atom is 0.406 e. The fraction of sp³-hybridized carbons (Fsp3) is 0.368. The minimum atomic E-state index is -4.56. The number of carbonyl (C=O) groups excluding carboxylic acids is 2. The van der Waals surface area contributed by atoms with E-state index in [1.807, 2.05) is 0 Å². The number of halogens is 3. The zero-order chi connectivity index (χ0) is 20.2. The Morgan fingerprint density at radius 2 is 1.81 bits per heavy atom. The first kappa shape index (κ1) is 20.5. The molecule has 0 fully saturated rings. The molecule has 27 heavy (non-hydrogen) atoms. The fourth-order valence-corrected chi connectivity index (χ4v) is 2.24. The van der Waals surface area contributed by atoms with E-state index in [1.54, 1.807) is 26.8 Å². The van der Waals surface area contributed by atoms with Crippen molar-refractivity contribution in [2.45, 2.75) is 33.5 Å². The molecule has 0 bridgehead atoms. The molecule has 0 saturated carbocycles. The highest BCUT2D eigenvalue weighted by atomic mass is 19.4.